The topological polar surface area (TPSA) is 21.3 Å². The van der Waals surface area contributed by atoms with Crippen molar-refractivity contribution in [1.82, 2.24) is 4.57 Å². The molecule has 9 aromatic carbocycles. The Balaban J connectivity index is 0.927. The maximum absolute atomic E-state index is 7.10. The molecule has 8 saturated carbocycles. The van der Waals surface area contributed by atoms with Gasteiger partial charge in [-0.1, -0.05) is 97.1 Å². The lowest BCUT2D eigenvalue weighted by Crippen LogP contribution is -2.61. The lowest BCUT2D eigenvalue weighted by atomic mass is 9.42. The second kappa shape index (κ2) is 14.5. The molecule has 0 spiro atoms. The number of hydrogen-bond donors (Lipinski definition) is 0. The van der Waals surface area contributed by atoms with Crippen LogP contribution in [0.2, 0.25) is 0 Å². The van der Waals surface area contributed by atoms with Crippen LogP contribution in [0.1, 0.15) is 88.2 Å². The van der Waals surface area contributed by atoms with E-state index in [4.69, 9.17) is 4.42 Å². The molecule has 0 saturated heterocycles. The van der Waals surface area contributed by atoms with Crippen molar-refractivity contribution < 1.29 is 4.42 Å². The minimum Gasteiger partial charge on any atom is -0.456 e. The fourth-order valence-electron chi connectivity index (χ4n) is 20.0. The van der Waals surface area contributed by atoms with Gasteiger partial charge >= 0.3 is 6.85 Å². The molecule has 8 bridgehead atoms. The van der Waals surface area contributed by atoms with E-state index in [0.29, 0.717) is 5.41 Å². The molecule has 3 aromatic heterocycles. The first-order chi connectivity index (χ1) is 37.9. The van der Waals surface area contributed by atoms with Crippen molar-refractivity contribution in [1.29, 1.82) is 0 Å². The molecule has 0 atom stereocenters. The second-order valence-electron chi connectivity index (χ2n) is 26.4. The predicted octanol–water partition coefficient (Wildman–Crippen LogP) is 18.0. The lowest BCUT2D eigenvalue weighted by Gasteiger charge is -2.57. The van der Waals surface area contributed by atoms with Crippen LogP contribution in [-0.4, -0.2) is 11.4 Å². The van der Waals surface area contributed by atoms with Crippen molar-refractivity contribution in [2.75, 3.05) is 4.81 Å². The zero-order valence-electron chi connectivity index (χ0n) is 43.3. The summed E-state index contributed by atoms with van der Waals surface area (Å²) in [6.45, 7) is -0.0788. The number of furan rings is 1. The first-order valence-electron chi connectivity index (χ1n) is 29.4. The highest BCUT2D eigenvalue weighted by Gasteiger charge is 2.54. The molecule has 22 rings (SSSR count). The molecule has 77 heavy (non-hydrogen) atoms. The van der Waals surface area contributed by atoms with Gasteiger partial charge in [0, 0.05) is 76.0 Å². The van der Waals surface area contributed by atoms with Crippen molar-refractivity contribution in [3.05, 3.63) is 175 Å². The van der Waals surface area contributed by atoms with Crippen LogP contribution in [0.5, 0.6) is 0 Å². The first kappa shape index (κ1) is 42.0. The maximum Gasteiger partial charge on any atom is 0.333 e. The molecule has 8 fully saturated rings. The van der Waals surface area contributed by atoms with Gasteiger partial charge in [-0.25, -0.2) is 0 Å². The van der Waals surface area contributed by atoms with Crippen molar-refractivity contribution in [3.63, 3.8) is 0 Å². The zero-order valence-corrected chi connectivity index (χ0v) is 44.1. The summed E-state index contributed by atoms with van der Waals surface area (Å²) in [6, 6.07) is 64.4. The summed E-state index contributed by atoms with van der Waals surface area (Å²) in [4.78, 5) is 2.78. The molecule has 5 heterocycles. The summed E-state index contributed by atoms with van der Waals surface area (Å²) in [5.41, 5.74) is 20.4. The summed E-state index contributed by atoms with van der Waals surface area (Å²) >= 11 is 1.99. The predicted molar refractivity (Wildman–Crippen MR) is 323 cm³/mol. The van der Waals surface area contributed by atoms with Gasteiger partial charge in [-0.15, -0.1) is 11.3 Å². The van der Waals surface area contributed by atoms with Gasteiger partial charge < -0.3 is 13.8 Å². The summed E-state index contributed by atoms with van der Waals surface area (Å²) in [7, 11) is 0. The zero-order chi connectivity index (χ0) is 49.6. The SMILES string of the molecule is c1ccc(-c2ccc(N3B4c5c(cc6c(sc7ccccc76)c5-c5cc6c(cc53)oc3cc5ccccc5cc36)-n3c5ccc(C67CC8CC(CC(C8)C6)C7)cc5c5cc(C67CC8CC(CC(C8)C6)C7)cc4c53)cc2)cc1. The Labute approximate surface area is 452 Å². The smallest absolute Gasteiger partial charge is 0.333 e. The molecule has 0 amide bonds. The first-order valence-corrected chi connectivity index (χ1v) is 30.2. The Morgan fingerprint density at radius 3 is 1.81 bits per heavy atom. The van der Waals surface area contributed by atoms with Crippen LogP contribution in [0.25, 0.3) is 103 Å². The van der Waals surface area contributed by atoms with Crippen molar-refractivity contribution in [3.8, 4) is 27.9 Å². The van der Waals surface area contributed by atoms with Gasteiger partial charge in [0.25, 0.3) is 0 Å². The third-order valence-electron chi connectivity index (χ3n) is 22.2. The van der Waals surface area contributed by atoms with Crippen LogP contribution in [0.15, 0.2) is 168 Å². The van der Waals surface area contributed by atoms with Gasteiger partial charge in [-0.2, -0.15) is 0 Å². The Hall–Kier alpha value is -7.08. The Morgan fingerprint density at radius 2 is 1.08 bits per heavy atom. The molecule has 0 radical (unpaired) electrons. The van der Waals surface area contributed by atoms with Gasteiger partial charge in [-0.05, 0) is 228 Å². The highest BCUT2D eigenvalue weighted by molar-refractivity contribution is 7.26. The van der Waals surface area contributed by atoms with E-state index in [-0.39, 0.29) is 12.3 Å². The minimum atomic E-state index is -0.0788. The van der Waals surface area contributed by atoms with Crippen molar-refractivity contribution in [2.24, 2.45) is 35.5 Å². The lowest BCUT2D eigenvalue weighted by molar-refractivity contribution is -0.00526. The summed E-state index contributed by atoms with van der Waals surface area (Å²) in [6.07, 6.45) is 17.0. The maximum atomic E-state index is 7.10. The van der Waals surface area contributed by atoms with E-state index in [1.54, 1.807) is 11.1 Å². The number of nitrogens with zero attached hydrogens (tertiary/aromatic N) is 2. The molecular formula is C72H57BN2OS. The fraction of sp³-hybridized carbons (Fsp3) is 0.278. The Bertz CT molecular complexity index is 4540. The number of anilines is 2. The highest BCUT2D eigenvalue weighted by atomic mass is 32.1. The monoisotopic (exact) mass is 1010 g/mol. The molecule has 0 N–H and O–H groups in total. The van der Waals surface area contributed by atoms with Gasteiger partial charge in [0.2, 0.25) is 0 Å². The van der Waals surface area contributed by atoms with Crippen LogP contribution in [0, 0.1) is 35.5 Å². The highest BCUT2D eigenvalue weighted by Crippen LogP contribution is 2.63. The van der Waals surface area contributed by atoms with Crippen molar-refractivity contribution in [2.45, 2.75) is 87.9 Å². The third kappa shape index (κ3) is 5.55. The van der Waals surface area contributed by atoms with Crippen LogP contribution in [0.4, 0.5) is 11.4 Å². The molecule has 10 aliphatic rings. The quantitative estimate of drug-likeness (QED) is 0.164. The van der Waals surface area contributed by atoms with Crippen LogP contribution in [-0.2, 0) is 10.8 Å². The standard InChI is InChI=1S/C72H57BN2OS/c1-2-8-46(9-3-1)47-14-17-52(18-15-47)75-62-33-65-56(55-26-48-10-4-5-11-49(48)27-64(55)76-65)31-59(62)67-68-63(32-58-53-12-6-7-13-66(53)77-70(58)67)74-61-19-16-50(71-34-40-20-41(35-71)22-42(21-40)36-71)28-54(61)57-29-51(30-60(69(57)74)73(68)75)72-37-43-23-44(38-72)25-45(24-43)39-72/h1-19,26-33,40-45H,20-25,34-39H2. The number of benzene rings is 9. The van der Waals surface area contributed by atoms with Gasteiger partial charge in [0.1, 0.15) is 11.2 Å². The van der Waals surface area contributed by atoms with Gasteiger partial charge in [0.05, 0.1) is 11.0 Å². The number of fused-ring (bicyclic) bond motifs is 15. The summed E-state index contributed by atoms with van der Waals surface area (Å²) < 4.78 is 12.6. The third-order valence-corrected chi connectivity index (χ3v) is 23.4. The molecule has 8 aliphatic carbocycles. The second-order valence-corrected chi connectivity index (χ2v) is 27.5. The van der Waals surface area contributed by atoms with Crippen LogP contribution >= 0.6 is 11.3 Å². The minimum absolute atomic E-state index is 0.0788. The Kier molecular flexibility index (Phi) is 7.93. The Morgan fingerprint density at radius 1 is 0.468 bits per heavy atom. The number of thiophene rings is 1. The molecule has 3 nitrogen and oxygen atoms in total. The summed E-state index contributed by atoms with van der Waals surface area (Å²) in [5, 5.41) is 10.5. The van der Waals surface area contributed by atoms with E-state index in [1.807, 2.05) is 11.3 Å². The normalized spacial score (nSPS) is 27.2. The van der Waals surface area contributed by atoms with E-state index in [1.165, 1.54) is 191 Å². The number of rotatable bonds is 4. The number of hydrogen-bond acceptors (Lipinski definition) is 3. The molecule has 12 aromatic rings. The van der Waals surface area contributed by atoms with Crippen LogP contribution < -0.4 is 15.7 Å². The van der Waals surface area contributed by atoms with Gasteiger partial charge in [0.15, 0.2) is 0 Å². The average molecular weight is 1010 g/mol. The van der Waals surface area contributed by atoms with E-state index in [0.717, 1.165) is 46.7 Å². The average Bonchev–Trinajstić information content (AvgIpc) is 4.25. The van der Waals surface area contributed by atoms with E-state index in [9.17, 15) is 0 Å². The van der Waals surface area contributed by atoms with Crippen LogP contribution in [0.3, 0.4) is 0 Å². The van der Waals surface area contributed by atoms with Crippen molar-refractivity contribution >= 4 is 115 Å². The van der Waals surface area contributed by atoms with Gasteiger partial charge in [-0.3, -0.25) is 0 Å². The molecule has 0 unspecified atom stereocenters. The number of aromatic nitrogens is 1. The fourth-order valence-corrected chi connectivity index (χ4v) is 21.2. The van der Waals surface area contributed by atoms with E-state index < -0.39 is 0 Å². The molecular weight excluding hydrogens is 952 g/mol. The summed E-state index contributed by atoms with van der Waals surface area (Å²) in [5.74, 6) is 5.28. The molecule has 370 valence electrons. The molecule has 5 heteroatoms. The molecule has 2 aliphatic heterocycles. The van der Waals surface area contributed by atoms with E-state index >= 15 is 0 Å². The largest absolute Gasteiger partial charge is 0.456 e. The van der Waals surface area contributed by atoms with E-state index in [2.05, 4.69) is 173 Å².